The van der Waals surface area contributed by atoms with Crippen molar-refractivity contribution in [3.05, 3.63) is 40.9 Å². The second kappa shape index (κ2) is 6.72. The van der Waals surface area contributed by atoms with Gasteiger partial charge in [-0.2, -0.15) is 5.10 Å². The maximum Gasteiger partial charge on any atom is 0.164 e. The zero-order valence-corrected chi connectivity index (χ0v) is 12.7. The Balaban J connectivity index is 2.04. The van der Waals surface area contributed by atoms with E-state index in [2.05, 4.69) is 29.2 Å². The van der Waals surface area contributed by atoms with Crippen LogP contribution in [0.25, 0.3) is 0 Å². The highest BCUT2D eigenvalue weighted by Gasteiger charge is 2.09. The smallest absolute Gasteiger partial charge is 0.164 e. The van der Waals surface area contributed by atoms with Crippen LogP contribution in [0.15, 0.2) is 24.5 Å². The lowest BCUT2D eigenvalue weighted by Gasteiger charge is -2.14. The molecule has 0 fully saturated rings. The molecule has 1 heterocycles. The molecule has 1 aromatic carbocycles. The third-order valence-corrected chi connectivity index (χ3v) is 3.42. The monoisotopic (exact) mass is 294 g/mol. The molecule has 0 amide bonds. The van der Waals surface area contributed by atoms with Crippen molar-refractivity contribution in [1.82, 2.24) is 20.1 Å². The predicted octanol–water partition coefficient (Wildman–Crippen LogP) is 2.72. The quantitative estimate of drug-likeness (QED) is 0.890. The van der Waals surface area contributed by atoms with Gasteiger partial charge < -0.3 is 10.1 Å². The summed E-state index contributed by atoms with van der Waals surface area (Å²) < 4.78 is 7.36. The van der Waals surface area contributed by atoms with Crippen LogP contribution in [-0.4, -0.2) is 21.3 Å². The molecule has 0 radical (unpaired) electrons. The van der Waals surface area contributed by atoms with Crippen molar-refractivity contribution in [2.45, 2.75) is 26.5 Å². The number of halogens is 1. The van der Waals surface area contributed by atoms with Gasteiger partial charge in [0.25, 0.3) is 0 Å². The second-order valence-electron chi connectivity index (χ2n) is 4.56. The first-order chi connectivity index (χ1) is 9.61. The topological polar surface area (TPSA) is 52.0 Å². The zero-order chi connectivity index (χ0) is 14.5. The van der Waals surface area contributed by atoms with Crippen LogP contribution in [0.2, 0.25) is 5.02 Å². The van der Waals surface area contributed by atoms with Gasteiger partial charge in [-0.05, 0) is 31.2 Å². The van der Waals surface area contributed by atoms with Crippen molar-refractivity contribution in [2.24, 2.45) is 7.05 Å². The molecule has 0 saturated heterocycles. The van der Waals surface area contributed by atoms with E-state index in [4.69, 9.17) is 16.3 Å². The molecule has 5 nitrogen and oxygen atoms in total. The van der Waals surface area contributed by atoms with E-state index in [9.17, 15) is 0 Å². The number of benzene rings is 1. The molecule has 20 heavy (non-hydrogen) atoms. The molecular formula is C14H19ClN4O. The van der Waals surface area contributed by atoms with Crippen molar-refractivity contribution < 1.29 is 4.74 Å². The molecule has 1 N–H and O–H groups in total. The maximum atomic E-state index is 6.26. The molecular weight excluding hydrogens is 276 g/mol. The number of nitrogens with zero attached hydrogens (tertiary/aromatic N) is 3. The van der Waals surface area contributed by atoms with Crippen LogP contribution in [0.5, 0.6) is 5.75 Å². The highest BCUT2D eigenvalue weighted by molar-refractivity contribution is 6.32. The molecule has 1 atom stereocenters. The van der Waals surface area contributed by atoms with Crippen molar-refractivity contribution in [2.75, 3.05) is 6.54 Å². The molecule has 108 valence electrons. The maximum absolute atomic E-state index is 6.26. The van der Waals surface area contributed by atoms with Crippen LogP contribution in [-0.2, 0) is 13.7 Å². The first-order valence-corrected chi connectivity index (χ1v) is 6.98. The van der Waals surface area contributed by atoms with E-state index in [1.54, 1.807) is 4.68 Å². The Morgan fingerprint density at radius 1 is 1.45 bits per heavy atom. The Morgan fingerprint density at radius 3 is 2.85 bits per heavy atom. The molecule has 1 unspecified atom stereocenters. The van der Waals surface area contributed by atoms with E-state index in [1.807, 2.05) is 25.2 Å². The fourth-order valence-corrected chi connectivity index (χ4v) is 2.16. The summed E-state index contributed by atoms with van der Waals surface area (Å²) in [7, 11) is 1.83. The molecule has 0 spiro atoms. The lowest BCUT2D eigenvalue weighted by Crippen LogP contribution is -2.17. The number of hydrogen-bond acceptors (Lipinski definition) is 4. The van der Waals surface area contributed by atoms with Crippen molar-refractivity contribution in [3.8, 4) is 5.75 Å². The van der Waals surface area contributed by atoms with Gasteiger partial charge >= 0.3 is 0 Å². The molecule has 0 bridgehead atoms. The summed E-state index contributed by atoms with van der Waals surface area (Å²) in [5.74, 6) is 1.41. The number of ether oxygens (including phenoxy) is 1. The first-order valence-electron chi connectivity index (χ1n) is 6.60. The van der Waals surface area contributed by atoms with Crippen LogP contribution in [0.1, 0.15) is 31.3 Å². The van der Waals surface area contributed by atoms with Crippen molar-refractivity contribution in [1.29, 1.82) is 0 Å². The lowest BCUT2D eigenvalue weighted by molar-refractivity contribution is 0.290. The van der Waals surface area contributed by atoms with Gasteiger partial charge in [0.15, 0.2) is 5.82 Å². The number of aromatic nitrogens is 3. The molecule has 0 saturated carbocycles. The summed E-state index contributed by atoms with van der Waals surface area (Å²) in [5.41, 5.74) is 1.14. The van der Waals surface area contributed by atoms with E-state index in [0.717, 1.165) is 17.9 Å². The van der Waals surface area contributed by atoms with Gasteiger partial charge in [0.2, 0.25) is 0 Å². The SMILES string of the molecule is CCNC(C)c1ccc(OCc2ncnn2C)c(Cl)c1. The predicted molar refractivity (Wildman–Crippen MR) is 78.9 cm³/mol. The van der Waals surface area contributed by atoms with Crippen molar-refractivity contribution >= 4 is 11.6 Å². The lowest BCUT2D eigenvalue weighted by atomic mass is 10.1. The average molecular weight is 295 g/mol. The van der Waals surface area contributed by atoms with E-state index in [-0.39, 0.29) is 6.04 Å². The van der Waals surface area contributed by atoms with Gasteiger partial charge in [-0.3, -0.25) is 4.68 Å². The fraction of sp³-hybridized carbons (Fsp3) is 0.429. The number of aryl methyl sites for hydroxylation is 1. The summed E-state index contributed by atoms with van der Waals surface area (Å²) in [6.07, 6.45) is 1.50. The van der Waals surface area contributed by atoms with E-state index >= 15 is 0 Å². The molecule has 0 aliphatic heterocycles. The van der Waals surface area contributed by atoms with Gasteiger partial charge in [0.1, 0.15) is 18.7 Å². The second-order valence-corrected chi connectivity index (χ2v) is 4.96. The molecule has 0 aliphatic rings. The number of hydrogen-bond donors (Lipinski definition) is 1. The van der Waals surface area contributed by atoms with Gasteiger partial charge in [0, 0.05) is 13.1 Å². The minimum atomic E-state index is 0.269. The normalized spacial score (nSPS) is 12.4. The van der Waals surface area contributed by atoms with E-state index < -0.39 is 0 Å². The summed E-state index contributed by atoms with van der Waals surface area (Å²) in [5, 5.41) is 7.95. The summed E-state index contributed by atoms with van der Waals surface area (Å²) in [4.78, 5) is 4.10. The minimum absolute atomic E-state index is 0.269. The van der Waals surface area contributed by atoms with Gasteiger partial charge in [0.05, 0.1) is 5.02 Å². The standard InChI is InChI=1S/C14H19ClN4O/c1-4-16-10(2)11-5-6-13(12(15)7-11)20-8-14-17-9-18-19(14)3/h5-7,9-10,16H,4,8H2,1-3H3. The molecule has 0 aliphatic carbocycles. The minimum Gasteiger partial charge on any atom is -0.484 e. The number of nitrogens with one attached hydrogen (secondary N) is 1. The van der Waals surface area contributed by atoms with Crippen LogP contribution < -0.4 is 10.1 Å². The molecule has 2 rings (SSSR count). The fourth-order valence-electron chi connectivity index (χ4n) is 1.92. The van der Waals surface area contributed by atoms with Crippen molar-refractivity contribution in [3.63, 3.8) is 0 Å². The number of rotatable bonds is 6. The Kier molecular flexibility index (Phi) is 4.98. The molecule has 1 aromatic heterocycles. The highest BCUT2D eigenvalue weighted by atomic mass is 35.5. The van der Waals surface area contributed by atoms with Gasteiger partial charge in [-0.25, -0.2) is 4.98 Å². The molecule has 2 aromatic rings. The summed E-state index contributed by atoms with van der Waals surface area (Å²) in [6.45, 7) is 5.45. The van der Waals surface area contributed by atoms with Crippen LogP contribution in [0.4, 0.5) is 0 Å². The highest BCUT2D eigenvalue weighted by Crippen LogP contribution is 2.28. The third kappa shape index (κ3) is 3.49. The van der Waals surface area contributed by atoms with Crippen LogP contribution in [0, 0.1) is 0 Å². The Bertz CT molecular complexity index is 570. The summed E-state index contributed by atoms with van der Waals surface area (Å²) >= 11 is 6.26. The molecule has 6 heteroatoms. The summed E-state index contributed by atoms with van der Waals surface area (Å²) in [6, 6.07) is 6.11. The van der Waals surface area contributed by atoms with Gasteiger partial charge in [-0.1, -0.05) is 24.6 Å². The Hall–Kier alpha value is -1.59. The van der Waals surface area contributed by atoms with Crippen LogP contribution >= 0.6 is 11.6 Å². The van der Waals surface area contributed by atoms with E-state index in [0.29, 0.717) is 17.4 Å². The Morgan fingerprint density at radius 2 is 2.25 bits per heavy atom. The first kappa shape index (κ1) is 14.8. The average Bonchev–Trinajstić information content (AvgIpc) is 2.83. The Labute approximate surface area is 123 Å². The largest absolute Gasteiger partial charge is 0.484 e. The van der Waals surface area contributed by atoms with Crippen LogP contribution in [0.3, 0.4) is 0 Å². The third-order valence-electron chi connectivity index (χ3n) is 3.13. The van der Waals surface area contributed by atoms with E-state index in [1.165, 1.54) is 6.33 Å². The van der Waals surface area contributed by atoms with Gasteiger partial charge in [-0.15, -0.1) is 0 Å². The zero-order valence-electron chi connectivity index (χ0n) is 11.9.